The fourth-order valence-corrected chi connectivity index (χ4v) is 5.15. The third kappa shape index (κ3) is 4.43. The van der Waals surface area contributed by atoms with E-state index in [2.05, 4.69) is 0 Å². The van der Waals surface area contributed by atoms with Gasteiger partial charge in [0.25, 0.3) is 0 Å². The van der Waals surface area contributed by atoms with Crippen LogP contribution in [-0.4, -0.2) is 35.5 Å². The highest BCUT2D eigenvalue weighted by molar-refractivity contribution is 7.89. The van der Waals surface area contributed by atoms with Gasteiger partial charge in [0.1, 0.15) is 0 Å². The summed E-state index contributed by atoms with van der Waals surface area (Å²) in [6.07, 6.45) is 0.287. The largest absolute Gasteiger partial charge is 0.243 e. The van der Waals surface area contributed by atoms with Gasteiger partial charge in [0, 0.05) is 19.0 Å². The second kappa shape index (κ2) is 7.04. The minimum atomic E-state index is -3.54. The number of hydrogen-bond donors (Lipinski definition) is 0. The molecule has 1 aromatic carbocycles. The summed E-state index contributed by atoms with van der Waals surface area (Å²) in [4.78, 5) is 0.279. The first-order valence-electron chi connectivity index (χ1n) is 6.83. The molecule has 1 saturated heterocycles. The second-order valence-electron chi connectivity index (χ2n) is 5.63. The van der Waals surface area contributed by atoms with Crippen molar-refractivity contribution < 1.29 is 8.42 Å². The number of benzene rings is 1. The lowest BCUT2D eigenvalue weighted by molar-refractivity contribution is 0.425. The number of sulfonamides is 1. The van der Waals surface area contributed by atoms with E-state index in [1.54, 1.807) is 24.3 Å². The molecule has 0 aliphatic carbocycles. The molecule has 0 spiro atoms. The average Bonchev–Trinajstić information content (AvgIpc) is 2.80. The van der Waals surface area contributed by atoms with E-state index in [0.717, 1.165) is 5.56 Å². The van der Waals surface area contributed by atoms with Crippen LogP contribution in [0.4, 0.5) is 0 Å². The lowest BCUT2D eigenvalue weighted by Crippen LogP contribution is -2.29. The summed E-state index contributed by atoms with van der Waals surface area (Å²) < 4.78 is 25.4. The Hall–Kier alpha value is 0.290. The van der Waals surface area contributed by atoms with Crippen LogP contribution in [0, 0.1) is 18.8 Å². The molecule has 22 heavy (non-hydrogen) atoms. The first kappa shape index (κ1) is 18.6. The molecule has 8 heteroatoms. The fraction of sp³-hybridized carbons (Fsp3) is 0.571. The zero-order chi connectivity index (χ0) is 16.5. The molecule has 1 aliphatic rings. The maximum absolute atomic E-state index is 12.7. The van der Waals surface area contributed by atoms with Crippen LogP contribution in [0.5, 0.6) is 0 Å². The van der Waals surface area contributed by atoms with Crippen LogP contribution in [0.15, 0.2) is 29.2 Å². The maximum atomic E-state index is 12.7. The van der Waals surface area contributed by atoms with Crippen LogP contribution >= 0.6 is 46.4 Å². The van der Waals surface area contributed by atoms with Crippen molar-refractivity contribution in [1.29, 1.82) is 0 Å². The molecule has 0 aromatic heterocycles. The van der Waals surface area contributed by atoms with Crippen LogP contribution < -0.4 is 0 Å². The molecule has 1 aliphatic heterocycles. The zero-order valence-electron chi connectivity index (χ0n) is 12.0. The van der Waals surface area contributed by atoms with Crippen molar-refractivity contribution in [3.63, 3.8) is 0 Å². The molecule has 0 saturated carbocycles. The number of nitrogens with zero attached hydrogens (tertiary/aromatic N) is 1. The Bertz CT molecular complexity index is 613. The molecule has 1 fully saturated rings. The van der Waals surface area contributed by atoms with Gasteiger partial charge in [0.2, 0.25) is 10.0 Å². The van der Waals surface area contributed by atoms with Crippen molar-refractivity contribution in [2.75, 3.05) is 19.0 Å². The molecular formula is C14H17Cl4NO2S. The van der Waals surface area contributed by atoms with Crippen molar-refractivity contribution in [2.45, 2.75) is 22.0 Å². The Morgan fingerprint density at radius 1 is 1.14 bits per heavy atom. The molecule has 0 bridgehead atoms. The summed E-state index contributed by atoms with van der Waals surface area (Å²) in [5.74, 6) is 0.258. The molecule has 1 heterocycles. The Balaban J connectivity index is 2.21. The average molecular weight is 405 g/mol. The summed E-state index contributed by atoms with van der Waals surface area (Å²) in [6, 6.07) is 6.78. The van der Waals surface area contributed by atoms with Gasteiger partial charge in [-0.3, -0.25) is 0 Å². The monoisotopic (exact) mass is 403 g/mol. The molecule has 3 nitrogen and oxygen atoms in total. The van der Waals surface area contributed by atoms with Crippen LogP contribution in [0.1, 0.15) is 12.0 Å². The van der Waals surface area contributed by atoms with Gasteiger partial charge in [-0.05, 0) is 37.3 Å². The summed E-state index contributed by atoms with van der Waals surface area (Å²) >= 11 is 23.5. The number of halogens is 4. The standard InChI is InChI=1S/C14H17Cl4NO2S/c1-10-2-4-13(5-3-10)22(20,21)19-8-11(6-14(16,17)18)12(7-15)9-19/h2-5,11-12H,6-9H2,1H3/t11-,12+/m0/s1. The summed E-state index contributed by atoms with van der Waals surface area (Å²) in [6.45, 7) is 2.58. The van der Waals surface area contributed by atoms with Gasteiger partial charge in [0.05, 0.1) is 4.90 Å². The van der Waals surface area contributed by atoms with Crippen molar-refractivity contribution in [3.05, 3.63) is 29.8 Å². The van der Waals surface area contributed by atoms with Crippen LogP contribution in [0.25, 0.3) is 0 Å². The quantitative estimate of drug-likeness (QED) is 0.704. The summed E-state index contributed by atoms with van der Waals surface area (Å²) in [7, 11) is -3.54. The first-order valence-corrected chi connectivity index (χ1v) is 9.94. The van der Waals surface area contributed by atoms with Crippen molar-refractivity contribution in [2.24, 2.45) is 11.8 Å². The lowest BCUT2D eigenvalue weighted by atomic mass is 9.95. The Kier molecular flexibility index (Phi) is 5.96. The minimum Gasteiger partial charge on any atom is -0.207 e. The summed E-state index contributed by atoms with van der Waals surface area (Å²) in [5, 5.41) is 0. The third-order valence-electron chi connectivity index (χ3n) is 3.89. The first-order chi connectivity index (χ1) is 10.1. The maximum Gasteiger partial charge on any atom is 0.243 e. The van der Waals surface area contributed by atoms with Crippen molar-refractivity contribution >= 4 is 56.4 Å². The van der Waals surface area contributed by atoms with E-state index in [0.29, 0.717) is 19.0 Å². The highest BCUT2D eigenvalue weighted by Gasteiger charge is 2.41. The number of rotatable bonds is 4. The Morgan fingerprint density at radius 2 is 1.68 bits per heavy atom. The predicted molar refractivity (Wildman–Crippen MR) is 92.5 cm³/mol. The summed E-state index contributed by atoms with van der Waals surface area (Å²) in [5.41, 5.74) is 1.01. The zero-order valence-corrected chi connectivity index (χ0v) is 15.8. The third-order valence-corrected chi connectivity index (χ3v) is 6.60. The molecule has 1 aromatic rings. The molecular weight excluding hydrogens is 388 g/mol. The van der Waals surface area contributed by atoms with E-state index in [4.69, 9.17) is 46.4 Å². The molecule has 124 valence electrons. The van der Waals surface area contributed by atoms with E-state index in [1.807, 2.05) is 6.92 Å². The molecule has 0 N–H and O–H groups in total. The van der Waals surface area contributed by atoms with E-state index in [1.165, 1.54) is 4.31 Å². The van der Waals surface area contributed by atoms with E-state index < -0.39 is 13.8 Å². The molecule has 2 rings (SSSR count). The lowest BCUT2D eigenvalue weighted by Gasteiger charge is -2.20. The molecule has 0 amide bonds. The van der Waals surface area contributed by atoms with Gasteiger partial charge < -0.3 is 0 Å². The minimum absolute atomic E-state index is 0.0162. The van der Waals surface area contributed by atoms with Crippen LogP contribution in [0.3, 0.4) is 0 Å². The van der Waals surface area contributed by atoms with E-state index >= 15 is 0 Å². The second-order valence-corrected chi connectivity index (χ2v) is 10.4. The van der Waals surface area contributed by atoms with Gasteiger partial charge >= 0.3 is 0 Å². The number of hydrogen-bond acceptors (Lipinski definition) is 2. The van der Waals surface area contributed by atoms with Crippen LogP contribution in [-0.2, 0) is 10.0 Å². The highest BCUT2D eigenvalue weighted by Crippen LogP contribution is 2.40. The Labute approximate surface area is 151 Å². The molecule has 0 unspecified atom stereocenters. The number of alkyl halides is 4. The van der Waals surface area contributed by atoms with E-state index in [-0.39, 0.29) is 23.2 Å². The smallest absolute Gasteiger partial charge is 0.207 e. The van der Waals surface area contributed by atoms with Crippen molar-refractivity contribution in [1.82, 2.24) is 4.31 Å². The van der Waals surface area contributed by atoms with Crippen LogP contribution in [0.2, 0.25) is 0 Å². The topological polar surface area (TPSA) is 37.4 Å². The van der Waals surface area contributed by atoms with Gasteiger partial charge in [0.15, 0.2) is 3.79 Å². The highest BCUT2D eigenvalue weighted by atomic mass is 35.6. The molecule has 2 atom stereocenters. The van der Waals surface area contributed by atoms with E-state index in [9.17, 15) is 8.42 Å². The van der Waals surface area contributed by atoms with Crippen molar-refractivity contribution in [3.8, 4) is 0 Å². The van der Waals surface area contributed by atoms with Gasteiger partial charge in [-0.15, -0.1) is 11.6 Å². The SMILES string of the molecule is Cc1ccc(S(=O)(=O)N2C[C@@H](CCl)[C@@H](CC(Cl)(Cl)Cl)C2)cc1. The van der Waals surface area contributed by atoms with Gasteiger partial charge in [-0.1, -0.05) is 52.5 Å². The van der Waals surface area contributed by atoms with Gasteiger partial charge in [-0.2, -0.15) is 4.31 Å². The Morgan fingerprint density at radius 3 is 2.18 bits per heavy atom. The van der Waals surface area contributed by atoms with Gasteiger partial charge in [-0.25, -0.2) is 8.42 Å². The normalized spacial score (nSPS) is 23.9. The molecule has 0 radical (unpaired) electrons. The number of aryl methyl sites for hydroxylation is 1. The fourth-order valence-electron chi connectivity index (χ4n) is 2.65. The predicted octanol–water partition coefficient (Wildman–Crippen LogP) is 4.23.